The molecule has 1 amide bonds. The second kappa shape index (κ2) is 6.90. The molecular weight excluding hydrogens is 286 g/mol. The summed E-state index contributed by atoms with van der Waals surface area (Å²) in [6.45, 7) is 0. The average molecular weight is 302 g/mol. The first-order chi connectivity index (χ1) is 10.1. The summed E-state index contributed by atoms with van der Waals surface area (Å²) in [6.07, 6.45) is 1.57. The lowest BCUT2D eigenvalue weighted by Gasteiger charge is -2.12. The molecule has 5 heteroatoms. The van der Waals surface area contributed by atoms with E-state index in [0.29, 0.717) is 10.6 Å². The van der Waals surface area contributed by atoms with Gasteiger partial charge in [0.1, 0.15) is 0 Å². The molecule has 0 aliphatic rings. The topological polar surface area (TPSA) is 44.7 Å². The van der Waals surface area contributed by atoms with E-state index in [9.17, 15) is 4.79 Å². The quantitative estimate of drug-likeness (QED) is 0.696. The number of hydrogen-bond acceptors (Lipinski definition) is 3. The van der Waals surface area contributed by atoms with Crippen molar-refractivity contribution in [2.45, 2.75) is 0 Å². The largest absolute Gasteiger partial charge is 0.378 e. The summed E-state index contributed by atoms with van der Waals surface area (Å²) in [4.78, 5) is 13.9. The number of carbonyl (C=O) groups is 1. The standard InChI is InChI=1S/C16H16ClN3O/c1-20(2)15-9-5-13(6-10-15)16(21)19-18-11-12-3-7-14(17)8-4-12/h3-11H,1-2H3,(H,19,21)/b18-11-. The van der Waals surface area contributed by atoms with Gasteiger partial charge in [-0.05, 0) is 42.0 Å². The van der Waals surface area contributed by atoms with Crippen molar-refractivity contribution >= 4 is 29.4 Å². The molecule has 0 radical (unpaired) electrons. The molecule has 108 valence electrons. The third-order valence-electron chi connectivity index (χ3n) is 2.90. The van der Waals surface area contributed by atoms with Crippen LogP contribution in [-0.2, 0) is 0 Å². The van der Waals surface area contributed by atoms with Gasteiger partial charge in [-0.25, -0.2) is 5.43 Å². The fourth-order valence-electron chi connectivity index (χ4n) is 1.69. The Morgan fingerprint density at radius 1 is 1.10 bits per heavy atom. The van der Waals surface area contributed by atoms with Gasteiger partial charge < -0.3 is 4.90 Å². The maximum absolute atomic E-state index is 11.9. The minimum Gasteiger partial charge on any atom is -0.378 e. The summed E-state index contributed by atoms with van der Waals surface area (Å²) >= 11 is 5.79. The van der Waals surface area contributed by atoms with Crippen LogP contribution in [0.1, 0.15) is 15.9 Å². The molecule has 0 aliphatic carbocycles. The van der Waals surface area contributed by atoms with Crippen LogP contribution in [0.25, 0.3) is 0 Å². The molecule has 0 bridgehead atoms. The van der Waals surface area contributed by atoms with E-state index in [1.165, 1.54) is 0 Å². The van der Waals surface area contributed by atoms with Gasteiger partial charge in [-0.1, -0.05) is 23.7 Å². The lowest BCUT2D eigenvalue weighted by Crippen LogP contribution is -2.17. The Labute approximate surface area is 129 Å². The zero-order valence-corrected chi connectivity index (χ0v) is 12.6. The summed E-state index contributed by atoms with van der Waals surface area (Å²) < 4.78 is 0. The van der Waals surface area contributed by atoms with Gasteiger partial charge in [-0.15, -0.1) is 0 Å². The molecule has 2 aromatic rings. The Balaban J connectivity index is 1.96. The molecule has 1 N–H and O–H groups in total. The van der Waals surface area contributed by atoms with E-state index in [1.54, 1.807) is 30.5 Å². The van der Waals surface area contributed by atoms with Crippen molar-refractivity contribution < 1.29 is 4.79 Å². The van der Waals surface area contributed by atoms with E-state index in [1.807, 2.05) is 43.3 Å². The van der Waals surface area contributed by atoms with Crippen molar-refractivity contribution in [3.8, 4) is 0 Å². The first-order valence-electron chi connectivity index (χ1n) is 6.42. The van der Waals surface area contributed by atoms with Crippen LogP contribution in [0, 0.1) is 0 Å². The first-order valence-corrected chi connectivity index (χ1v) is 6.80. The SMILES string of the molecule is CN(C)c1ccc(C(=O)N/N=C\c2ccc(Cl)cc2)cc1. The Hall–Kier alpha value is -2.33. The molecule has 2 aromatic carbocycles. The van der Waals surface area contributed by atoms with Crippen LogP contribution >= 0.6 is 11.6 Å². The molecular formula is C16H16ClN3O. The average Bonchev–Trinajstić information content (AvgIpc) is 2.49. The fourth-order valence-corrected chi connectivity index (χ4v) is 1.82. The van der Waals surface area contributed by atoms with Crippen LogP contribution in [0.3, 0.4) is 0 Å². The maximum atomic E-state index is 11.9. The van der Waals surface area contributed by atoms with Crippen LogP contribution in [0.4, 0.5) is 5.69 Å². The third-order valence-corrected chi connectivity index (χ3v) is 3.15. The molecule has 0 unspecified atom stereocenters. The summed E-state index contributed by atoms with van der Waals surface area (Å²) in [7, 11) is 3.90. The van der Waals surface area contributed by atoms with Crippen molar-refractivity contribution in [2.24, 2.45) is 5.10 Å². The normalized spacial score (nSPS) is 10.6. The van der Waals surface area contributed by atoms with Crippen molar-refractivity contribution in [1.82, 2.24) is 5.43 Å². The zero-order valence-electron chi connectivity index (χ0n) is 11.9. The number of nitrogens with one attached hydrogen (secondary N) is 1. The van der Waals surface area contributed by atoms with Crippen LogP contribution in [0.2, 0.25) is 5.02 Å². The van der Waals surface area contributed by atoms with Gasteiger partial charge in [0, 0.05) is 30.4 Å². The third kappa shape index (κ3) is 4.33. The van der Waals surface area contributed by atoms with Crippen molar-refractivity contribution in [1.29, 1.82) is 0 Å². The Kier molecular flexibility index (Phi) is 4.95. The second-order valence-corrected chi connectivity index (χ2v) is 5.13. The number of halogens is 1. The fraction of sp³-hybridized carbons (Fsp3) is 0.125. The van der Waals surface area contributed by atoms with Crippen LogP contribution in [-0.4, -0.2) is 26.2 Å². The number of nitrogens with zero attached hydrogens (tertiary/aromatic N) is 2. The van der Waals surface area contributed by atoms with Crippen LogP contribution < -0.4 is 10.3 Å². The molecule has 0 fully saturated rings. The predicted molar refractivity (Wildman–Crippen MR) is 87.3 cm³/mol. The molecule has 0 spiro atoms. The smallest absolute Gasteiger partial charge is 0.271 e. The van der Waals surface area contributed by atoms with Gasteiger partial charge in [-0.3, -0.25) is 4.79 Å². The minimum absolute atomic E-state index is 0.245. The Morgan fingerprint density at radius 2 is 1.71 bits per heavy atom. The van der Waals surface area contributed by atoms with Gasteiger partial charge in [-0.2, -0.15) is 5.10 Å². The van der Waals surface area contributed by atoms with E-state index in [0.717, 1.165) is 11.3 Å². The van der Waals surface area contributed by atoms with Crippen molar-refractivity contribution in [3.63, 3.8) is 0 Å². The lowest BCUT2D eigenvalue weighted by atomic mass is 10.2. The molecule has 0 saturated heterocycles. The van der Waals surface area contributed by atoms with E-state index in [-0.39, 0.29) is 5.91 Å². The number of amides is 1. The highest BCUT2D eigenvalue weighted by Crippen LogP contribution is 2.12. The number of anilines is 1. The van der Waals surface area contributed by atoms with E-state index in [4.69, 9.17) is 11.6 Å². The van der Waals surface area contributed by atoms with Gasteiger partial charge in [0.05, 0.1) is 6.21 Å². The van der Waals surface area contributed by atoms with Crippen molar-refractivity contribution in [3.05, 3.63) is 64.7 Å². The Bertz CT molecular complexity index is 634. The van der Waals surface area contributed by atoms with Crippen LogP contribution in [0.5, 0.6) is 0 Å². The number of hydrogen-bond donors (Lipinski definition) is 1. The molecule has 21 heavy (non-hydrogen) atoms. The van der Waals surface area contributed by atoms with E-state index < -0.39 is 0 Å². The first kappa shape index (κ1) is 15.1. The molecule has 0 aliphatic heterocycles. The zero-order chi connectivity index (χ0) is 15.2. The summed E-state index contributed by atoms with van der Waals surface area (Å²) in [5.74, 6) is -0.245. The van der Waals surface area contributed by atoms with E-state index >= 15 is 0 Å². The summed E-state index contributed by atoms with van der Waals surface area (Å²) in [6, 6.07) is 14.5. The lowest BCUT2D eigenvalue weighted by molar-refractivity contribution is 0.0955. The van der Waals surface area contributed by atoms with Crippen molar-refractivity contribution in [2.75, 3.05) is 19.0 Å². The number of rotatable bonds is 4. The molecule has 4 nitrogen and oxygen atoms in total. The maximum Gasteiger partial charge on any atom is 0.271 e. The minimum atomic E-state index is -0.245. The van der Waals surface area contributed by atoms with Gasteiger partial charge in [0.15, 0.2) is 0 Å². The predicted octanol–water partition coefficient (Wildman–Crippen LogP) is 3.17. The molecule has 0 aromatic heterocycles. The van der Waals surface area contributed by atoms with Gasteiger partial charge in [0.25, 0.3) is 5.91 Å². The monoisotopic (exact) mass is 301 g/mol. The molecule has 0 saturated carbocycles. The summed E-state index contributed by atoms with van der Waals surface area (Å²) in [5, 5.41) is 4.59. The van der Waals surface area contributed by atoms with Crippen LogP contribution in [0.15, 0.2) is 53.6 Å². The highest BCUT2D eigenvalue weighted by atomic mass is 35.5. The second-order valence-electron chi connectivity index (χ2n) is 4.69. The highest BCUT2D eigenvalue weighted by molar-refractivity contribution is 6.30. The van der Waals surface area contributed by atoms with Gasteiger partial charge in [0.2, 0.25) is 0 Å². The van der Waals surface area contributed by atoms with E-state index in [2.05, 4.69) is 10.5 Å². The number of carbonyl (C=O) groups excluding carboxylic acids is 1. The Morgan fingerprint density at radius 3 is 2.29 bits per heavy atom. The number of benzene rings is 2. The molecule has 0 heterocycles. The molecule has 0 atom stereocenters. The summed E-state index contributed by atoms with van der Waals surface area (Å²) in [5.41, 5.74) is 4.96. The highest BCUT2D eigenvalue weighted by Gasteiger charge is 2.04. The van der Waals surface area contributed by atoms with Gasteiger partial charge >= 0.3 is 0 Å². The number of hydrazone groups is 1. The molecule has 2 rings (SSSR count).